The second-order valence-corrected chi connectivity index (χ2v) is 3.59. The fourth-order valence-electron chi connectivity index (χ4n) is 1.27. The van der Waals surface area contributed by atoms with Crippen molar-refractivity contribution in [1.82, 2.24) is 0 Å². The van der Waals surface area contributed by atoms with Crippen molar-refractivity contribution in [2.45, 2.75) is 6.92 Å². The summed E-state index contributed by atoms with van der Waals surface area (Å²) in [5, 5.41) is 2.85. The fourth-order valence-corrected chi connectivity index (χ4v) is 1.27. The maximum absolute atomic E-state index is 11.5. The van der Waals surface area contributed by atoms with Crippen LogP contribution in [0.3, 0.4) is 0 Å². The second kappa shape index (κ2) is 3.80. The third-order valence-corrected chi connectivity index (χ3v) is 2.33. The first-order chi connectivity index (χ1) is 6.75. The van der Waals surface area contributed by atoms with Gasteiger partial charge in [-0.1, -0.05) is 17.7 Å². The molecule has 0 radical (unpaired) electrons. The average Bonchev–Trinajstić information content (AvgIpc) is 2.06. The summed E-state index contributed by atoms with van der Waals surface area (Å²) >= 11 is 0. The van der Waals surface area contributed by atoms with Crippen molar-refractivity contribution in [3.05, 3.63) is 29.8 Å². The molecule has 0 aliphatic carbocycles. The number of nitrogens with one attached hydrogen (secondary N) is 1. The lowest BCUT2D eigenvalue weighted by molar-refractivity contribution is -0.133. The van der Waals surface area contributed by atoms with E-state index in [9.17, 15) is 4.79 Å². The Hall–Kier alpha value is -1.35. The van der Waals surface area contributed by atoms with Crippen molar-refractivity contribution >= 4 is 11.6 Å². The van der Waals surface area contributed by atoms with Gasteiger partial charge in [0.15, 0.2) is 0 Å². The Morgan fingerprint density at radius 3 is 2.50 bits per heavy atom. The molecule has 1 aromatic rings. The number of rotatable bonds is 2. The van der Waals surface area contributed by atoms with E-state index >= 15 is 0 Å². The lowest BCUT2D eigenvalue weighted by Gasteiger charge is -2.24. The van der Waals surface area contributed by atoms with Gasteiger partial charge in [-0.3, -0.25) is 4.79 Å². The highest BCUT2D eigenvalue weighted by Gasteiger charge is 2.26. The highest BCUT2D eigenvalue weighted by atomic mass is 16.5. The maximum atomic E-state index is 11.5. The number of carbonyl (C=O) groups excluding carboxylic acids is 1. The molecule has 14 heavy (non-hydrogen) atoms. The van der Waals surface area contributed by atoms with Crippen molar-refractivity contribution in [1.29, 1.82) is 0 Å². The molecule has 1 fully saturated rings. The monoisotopic (exact) mass is 191 g/mol. The van der Waals surface area contributed by atoms with Crippen LogP contribution in [-0.2, 0) is 9.53 Å². The number of aryl methyl sites for hydroxylation is 1. The number of carbonyl (C=O) groups is 1. The standard InChI is InChI=1S/C11H13NO2/c1-8-2-4-10(5-3-8)12-11(13)9-6-14-7-9/h2-5,9H,6-7H2,1H3,(H,12,13). The van der Waals surface area contributed by atoms with Crippen LogP contribution in [0.15, 0.2) is 24.3 Å². The Morgan fingerprint density at radius 2 is 2.00 bits per heavy atom. The molecule has 0 bridgehead atoms. The minimum atomic E-state index is 0.0382. The topological polar surface area (TPSA) is 38.3 Å². The molecule has 0 saturated carbocycles. The molecule has 3 nitrogen and oxygen atoms in total. The van der Waals surface area contributed by atoms with Gasteiger partial charge in [0.2, 0.25) is 5.91 Å². The lowest BCUT2D eigenvalue weighted by atomic mass is 10.1. The van der Waals surface area contributed by atoms with Crippen molar-refractivity contribution in [3.63, 3.8) is 0 Å². The number of amides is 1. The number of benzene rings is 1. The molecule has 0 unspecified atom stereocenters. The summed E-state index contributed by atoms with van der Waals surface area (Å²) in [5.74, 6) is 0.0939. The zero-order valence-electron chi connectivity index (χ0n) is 8.12. The Balaban J connectivity index is 1.96. The summed E-state index contributed by atoms with van der Waals surface area (Å²) in [6, 6.07) is 7.78. The smallest absolute Gasteiger partial charge is 0.232 e. The van der Waals surface area contributed by atoms with Gasteiger partial charge >= 0.3 is 0 Å². The summed E-state index contributed by atoms with van der Waals surface area (Å²) in [6.07, 6.45) is 0. The maximum Gasteiger partial charge on any atom is 0.232 e. The van der Waals surface area contributed by atoms with Crippen LogP contribution < -0.4 is 5.32 Å². The molecule has 0 spiro atoms. The molecule has 2 rings (SSSR count). The van der Waals surface area contributed by atoms with Crippen molar-refractivity contribution < 1.29 is 9.53 Å². The molecule has 0 atom stereocenters. The van der Waals surface area contributed by atoms with Gasteiger partial charge in [0.25, 0.3) is 0 Å². The Labute approximate surface area is 83.1 Å². The zero-order valence-corrected chi connectivity index (χ0v) is 8.12. The number of hydrogen-bond acceptors (Lipinski definition) is 2. The number of anilines is 1. The van der Waals surface area contributed by atoms with Gasteiger partial charge in [-0.25, -0.2) is 0 Å². The van der Waals surface area contributed by atoms with E-state index in [0.717, 1.165) is 5.69 Å². The lowest BCUT2D eigenvalue weighted by Crippen LogP contribution is -2.38. The van der Waals surface area contributed by atoms with E-state index in [1.54, 1.807) is 0 Å². The van der Waals surface area contributed by atoms with Gasteiger partial charge in [-0.2, -0.15) is 0 Å². The molecule has 1 saturated heterocycles. The summed E-state index contributed by atoms with van der Waals surface area (Å²) in [4.78, 5) is 11.5. The van der Waals surface area contributed by atoms with Crippen LogP contribution in [0.4, 0.5) is 5.69 Å². The summed E-state index contributed by atoms with van der Waals surface area (Å²) in [6.45, 7) is 3.13. The Morgan fingerprint density at radius 1 is 1.36 bits per heavy atom. The molecule has 1 amide bonds. The third-order valence-electron chi connectivity index (χ3n) is 2.33. The summed E-state index contributed by atoms with van der Waals surface area (Å²) in [5.41, 5.74) is 2.04. The number of hydrogen-bond donors (Lipinski definition) is 1. The Kier molecular flexibility index (Phi) is 2.50. The Bertz CT molecular complexity index is 328. The van der Waals surface area contributed by atoms with Crippen LogP contribution in [-0.4, -0.2) is 19.1 Å². The van der Waals surface area contributed by atoms with Crippen LogP contribution in [0, 0.1) is 12.8 Å². The van der Waals surface area contributed by atoms with Crippen molar-refractivity contribution in [2.75, 3.05) is 18.5 Å². The van der Waals surface area contributed by atoms with Crippen LogP contribution >= 0.6 is 0 Å². The highest BCUT2D eigenvalue weighted by Crippen LogP contribution is 2.14. The van der Waals surface area contributed by atoms with E-state index in [1.165, 1.54) is 5.56 Å². The van der Waals surface area contributed by atoms with Gasteiger partial charge in [0.1, 0.15) is 0 Å². The minimum absolute atomic E-state index is 0.0382. The van der Waals surface area contributed by atoms with E-state index < -0.39 is 0 Å². The first-order valence-corrected chi connectivity index (χ1v) is 4.71. The zero-order chi connectivity index (χ0) is 9.97. The SMILES string of the molecule is Cc1ccc(NC(=O)C2COC2)cc1. The van der Waals surface area contributed by atoms with Crippen LogP contribution in [0.5, 0.6) is 0 Å². The quantitative estimate of drug-likeness (QED) is 0.770. The van der Waals surface area contributed by atoms with Crippen LogP contribution in [0.25, 0.3) is 0 Å². The second-order valence-electron chi connectivity index (χ2n) is 3.59. The highest BCUT2D eigenvalue weighted by molar-refractivity contribution is 5.93. The molecule has 1 heterocycles. The van der Waals surface area contributed by atoms with E-state index in [0.29, 0.717) is 13.2 Å². The largest absolute Gasteiger partial charge is 0.380 e. The predicted octanol–water partition coefficient (Wildman–Crippen LogP) is 1.58. The molecule has 1 aliphatic rings. The normalized spacial score (nSPS) is 16.1. The molecular formula is C11H13NO2. The molecule has 1 N–H and O–H groups in total. The number of ether oxygens (including phenoxy) is 1. The molecule has 3 heteroatoms. The van der Waals surface area contributed by atoms with Crippen molar-refractivity contribution in [3.8, 4) is 0 Å². The summed E-state index contributed by atoms with van der Waals surface area (Å²) < 4.78 is 4.95. The first kappa shape index (κ1) is 9.21. The average molecular weight is 191 g/mol. The van der Waals surface area contributed by atoms with Gasteiger partial charge in [-0.05, 0) is 19.1 Å². The first-order valence-electron chi connectivity index (χ1n) is 4.71. The van der Waals surface area contributed by atoms with E-state index in [4.69, 9.17) is 4.74 Å². The van der Waals surface area contributed by atoms with Gasteiger partial charge in [0.05, 0.1) is 19.1 Å². The minimum Gasteiger partial charge on any atom is -0.380 e. The van der Waals surface area contributed by atoms with E-state index in [2.05, 4.69) is 5.32 Å². The van der Waals surface area contributed by atoms with Gasteiger partial charge < -0.3 is 10.1 Å². The van der Waals surface area contributed by atoms with Crippen molar-refractivity contribution in [2.24, 2.45) is 5.92 Å². The molecule has 1 aromatic carbocycles. The van der Waals surface area contributed by atoms with Crippen LogP contribution in [0.2, 0.25) is 0 Å². The van der Waals surface area contributed by atoms with Gasteiger partial charge in [0, 0.05) is 5.69 Å². The van der Waals surface area contributed by atoms with E-state index in [1.807, 2.05) is 31.2 Å². The molecule has 1 aliphatic heterocycles. The molecule has 0 aromatic heterocycles. The molecule has 74 valence electrons. The fraction of sp³-hybridized carbons (Fsp3) is 0.364. The van der Waals surface area contributed by atoms with Gasteiger partial charge in [-0.15, -0.1) is 0 Å². The molecular weight excluding hydrogens is 178 g/mol. The third kappa shape index (κ3) is 1.93. The van der Waals surface area contributed by atoms with E-state index in [-0.39, 0.29) is 11.8 Å². The van der Waals surface area contributed by atoms with Crippen LogP contribution in [0.1, 0.15) is 5.56 Å². The predicted molar refractivity (Wildman–Crippen MR) is 54.1 cm³/mol. The summed E-state index contributed by atoms with van der Waals surface area (Å²) in [7, 11) is 0.